The molecular weight excluding hydrogens is 504 g/mol. The molecule has 194 valence electrons. The highest BCUT2D eigenvalue weighted by molar-refractivity contribution is 7.89. The van der Waals surface area contributed by atoms with Gasteiger partial charge in [0.1, 0.15) is 11.8 Å². The average Bonchev–Trinajstić information content (AvgIpc) is 3.29. The number of rotatable bonds is 4. The van der Waals surface area contributed by atoms with Crippen LogP contribution in [0.25, 0.3) is 0 Å². The summed E-state index contributed by atoms with van der Waals surface area (Å²) in [5.74, 6) is 0.175. The van der Waals surface area contributed by atoms with Gasteiger partial charge in [0, 0.05) is 31.1 Å². The van der Waals surface area contributed by atoms with E-state index >= 15 is 0 Å². The highest BCUT2D eigenvalue weighted by atomic mass is 35.5. The molecule has 0 spiro atoms. The fourth-order valence-corrected chi connectivity index (χ4v) is 6.85. The summed E-state index contributed by atoms with van der Waals surface area (Å²) in [6.45, 7) is 0.622. The second-order valence-corrected chi connectivity index (χ2v) is 11.2. The zero-order chi connectivity index (χ0) is 24.6. The summed E-state index contributed by atoms with van der Waals surface area (Å²) in [7, 11) is -3.77. The van der Waals surface area contributed by atoms with Gasteiger partial charge in [0.25, 0.3) is 0 Å². The monoisotopic (exact) mass is 534 g/mol. The Morgan fingerprint density at radius 2 is 1.72 bits per heavy atom. The quantitative estimate of drug-likeness (QED) is 0.617. The molecule has 0 unspecified atom stereocenters. The van der Waals surface area contributed by atoms with Crippen LogP contribution < -0.4 is 15.8 Å². The number of halogens is 1. The predicted octanol–water partition coefficient (Wildman–Crippen LogP) is 1.83. The first kappa shape index (κ1) is 26.4. The van der Waals surface area contributed by atoms with Gasteiger partial charge >= 0.3 is 0 Å². The van der Waals surface area contributed by atoms with Crippen molar-refractivity contribution in [1.29, 1.82) is 0 Å². The summed E-state index contributed by atoms with van der Waals surface area (Å²) in [6.07, 6.45) is 2.25. The Kier molecular flexibility index (Phi) is 7.89. The molecule has 9 nitrogen and oxygen atoms in total. The normalized spacial score (nSPS) is 26.5. The molecule has 3 N–H and O–H groups in total. The minimum absolute atomic E-state index is 0. The van der Waals surface area contributed by atoms with Crippen molar-refractivity contribution in [2.24, 2.45) is 5.73 Å². The van der Waals surface area contributed by atoms with Crippen molar-refractivity contribution in [3.63, 3.8) is 0 Å². The summed E-state index contributed by atoms with van der Waals surface area (Å²) < 4.78 is 33.3. The Hall–Kier alpha value is -2.66. The Morgan fingerprint density at radius 1 is 1.00 bits per heavy atom. The van der Waals surface area contributed by atoms with E-state index in [0.717, 1.165) is 11.3 Å². The number of sulfonamides is 1. The van der Waals surface area contributed by atoms with E-state index in [0.29, 0.717) is 32.3 Å². The van der Waals surface area contributed by atoms with Crippen LogP contribution in [0.15, 0.2) is 59.5 Å². The lowest BCUT2D eigenvalue weighted by atomic mass is 10.00. The van der Waals surface area contributed by atoms with Crippen LogP contribution in [0.1, 0.15) is 37.3 Å². The molecule has 2 saturated heterocycles. The number of carbonyl (C=O) groups excluding carboxylic acids is 2. The number of nitrogens with zero attached hydrogens (tertiary/aromatic N) is 2. The summed E-state index contributed by atoms with van der Waals surface area (Å²) in [5.41, 5.74) is 7.16. The van der Waals surface area contributed by atoms with Crippen molar-refractivity contribution in [3.05, 3.63) is 60.2 Å². The maximum Gasteiger partial charge on any atom is 0.243 e. The Labute approximate surface area is 217 Å². The number of amides is 2. The maximum absolute atomic E-state index is 13.4. The molecule has 2 fully saturated rings. The molecule has 3 aliphatic heterocycles. The molecule has 3 heterocycles. The largest absolute Gasteiger partial charge is 0.493 e. The summed E-state index contributed by atoms with van der Waals surface area (Å²) in [6, 6.07) is 13.7. The van der Waals surface area contributed by atoms with Crippen molar-refractivity contribution in [3.8, 4) is 5.75 Å². The van der Waals surface area contributed by atoms with Gasteiger partial charge in [-0.05, 0) is 37.5 Å². The summed E-state index contributed by atoms with van der Waals surface area (Å²) >= 11 is 0. The first-order valence-corrected chi connectivity index (χ1v) is 13.5. The molecule has 5 rings (SSSR count). The van der Waals surface area contributed by atoms with Crippen molar-refractivity contribution < 1.29 is 22.7 Å². The lowest BCUT2D eigenvalue weighted by molar-refractivity contribution is -0.142. The van der Waals surface area contributed by atoms with Gasteiger partial charge in [0.2, 0.25) is 21.8 Å². The van der Waals surface area contributed by atoms with Gasteiger partial charge in [-0.1, -0.05) is 36.4 Å². The molecule has 4 atom stereocenters. The molecule has 0 aromatic heterocycles. The molecule has 0 radical (unpaired) electrons. The van der Waals surface area contributed by atoms with E-state index in [-0.39, 0.29) is 54.3 Å². The SMILES string of the molecule is Cl.N[C@H]1CN(S(=O)(=O)c2ccccc2)CC[C@H]2CC[C@@H](C(=O)N[C@@H]3CCOc4ccccc43)N2C1=O. The maximum atomic E-state index is 13.4. The van der Waals surface area contributed by atoms with Crippen molar-refractivity contribution >= 4 is 34.2 Å². The third kappa shape index (κ3) is 4.95. The van der Waals surface area contributed by atoms with Crippen LogP contribution in [0.4, 0.5) is 0 Å². The van der Waals surface area contributed by atoms with E-state index < -0.39 is 22.1 Å². The molecule has 11 heteroatoms. The van der Waals surface area contributed by atoms with Crippen LogP contribution >= 0.6 is 12.4 Å². The molecular formula is C25H31ClN4O5S. The van der Waals surface area contributed by atoms with E-state index in [1.54, 1.807) is 23.1 Å². The lowest BCUT2D eigenvalue weighted by Crippen LogP contribution is -2.59. The third-order valence-electron chi connectivity index (χ3n) is 7.14. The zero-order valence-electron chi connectivity index (χ0n) is 19.8. The van der Waals surface area contributed by atoms with Crippen LogP contribution in [-0.4, -0.2) is 67.3 Å². The average molecular weight is 535 g/mol. The molecule has 3 aliphatic rings. The number of hydrogen-bond donors (Lipinski definition) is 2. The molecule has 0 saturated carbocycles. The summed E-state index contributed by atoms with van der Waals surface area (Å²) in [5, 5.41) is 3.12. The zero-order valence-corrected chi connectivity index (χ0v) is 21.4. The van der Waals surface area contributed by atoms with Crippen LogP contribution in [0.2, 0.25) is 0 Å². The Morgan fingerprint density at radius 3 is 2.50 bits per heavy atom. The van der Waals surface area contributed by atoms with Gasteiger partial charge in [0.05, 0.1) is 23.6 Å². The molecule has 2 aromatic carbocycles. The Balaban J connectivity index is 0.00000304. The second-order valence-electron chi connectivity index (χ2n) is 9.30. The van der Waals surface area contributed by atoms with E-state index in [2.05, 4.69) is 5.32 Å². The number of fused-ring (bicyclic) bond motifs is 2. The number of nitrogens with one attached hydrogen (secondary N) is 1. The minimum Gasteiger partial charge on any atom is -0.493 e. The van der Waals surface area contributed by atoms with Crippen LogP contribution in [0, 0.1) is 0 Å². The topological polar surface area (TPSA) is 122 Å². The number of benzene rings is 2. The van der Waals surface area contributed by atoms with Gasteiger partial charge in [-0.3, -0.25) is 9.59 Å². The molecule has 0 bridgehead atoms. The second kappa shape index (κ2) is 10.8. The number of para-hydroxylation sites is 1. The van der Waals surface area contributed by atoms with E-state index in [4.69, 9.17) is 10.5 Å². The van der Waals surface area contributed by atoms with Gasteiger partial charge in [0.15, 0.2) is 0 Å². The highest BCUT2D eigenvalue weighted by Crippen LogP contribution is 2.34. The fraction of sp³-hybridized carbons (Fsp3) is 0.440. The first-order valence-electron chi connectivity index (χ1n) is 12.0. The van der Waals surface area contributed by atoms with Gasteiger partial charge in [-0.15, -0.1) is 12.4 Å². The van der Waals surface area contributed by atoms with Gasteiger partial charge in [-0.2, -0.15) is 4.31 Å². The molecule has 2 amide bonds. The van der Waals surface area contributed by atoms with Crippen LogP contribution in [0.3, 0.4) is 0 Å². The highest BCUT2D eigenvalue weighted by Gasteiger charge is 2.45. The minimum atomic E-state index is -3.77. The van der Waals surface area contributed by atoms with Crippen molar-refractivity contribution in [2.75, 3.05) is 19.7 Å². The number of ether oxygens (including phenoxy) is 1. The smallest absolute Gasteiger partial charge is 0.243 e. The van der Waals surface area contributed by atoms with Crippen molar-refractivity contribution in [1.82, 2.24) is 14.5 Å². The number of hydrogen-bond acceptors (Lipinski definition) is 6. The number of nitrogens with two attached hydrogens (primary N) is 1. The Bertz CT molecular complexity index is 1210. The molecule has 2 aromatic rings. The third-order valence-corrected chi connectivity index (χ3v) is 9.02. The van der Waals surface area contributed by atoms with Gasteiger partial charge < -0.3 is 20.7 Å². The molecule has 0 aliphatic carbocycles. The van der Waals surface area contributed by atoms with E-state index in [9.17, 15) is 18.0 Å². The first-order chi connectivity index (χ1) is 16.9. The van der Waals surface area contributed by atoms with Gasteiger partial charge in [-0.25, -0.2) is 8.42 Å². The fourth-order valence-electron chi connectivity index (χ4n) is 5.35. The number of carbonyl (C=O) groups is 2. The molecule has 36 heavy (non-hydrogen) atoms. The summed E-state index contributed by atoms with van der Waals surface area (Å²) in [4.78, 5) is 28.5. The van der Waals surface area contributed by atoms with E-state index in [1.807, 2.05) is 24.3 Å². The predicted molar refractivity (Wildman–Crippen MR) is 136 cm³/mol. The van der Waals surface area contributed by atoms with Crippen LogP contribution in [0.5, 0.6) is 5.75 Å². The standard InChI is InChI=1S/C25H30N4O5S.ClH/c26-20-16-28(35(32,33)18-6-2-1-3-7-18)14-12-17-10-11-22(29(17)25(20)31)24(30)27-21-13-15-34-23-9-5-4-8-19(21)23;/h1-9,17,20-22H,10-16,26H2,(H,27,30);1H/t17-,20+,21-,22+;/m1./s1. The van der Waals surface area contributed by atoms with Crippen molar-refractivity contribution in [2.45, 2.75) is 54.7 Å². The van der Waals surface area contributed by atoms with E-state index in [1.165, 1.54) is 16.4 Å². The van der Waals surface area contributed by atoms with Crippen LogP contribution in [-0.2, 0) is 19.6 Å². The lowest BCUT2D eigenvalue weighted by Gasteiger charge is -2.37.